The minimum Gasteiger partial charge on any atom is -0.466 e. The Morgan fingerprint density at radius 2 is 1.80 bits per heavy atom. The van der Waals surface area contributed by atoms with E-state index in [0.717, 1.165) is 12.8 Å². The lowest BCUT2D eigenvalue weighted by Crippen LogP contribution is -2.45. The van der Waals surface area contributed by atoms with Crippen LogP contribution in [0.4, 0.5) is 0 Å². The molecule has 0 spiro atoms. The fourth-order valence-corrected chi connectivity index (χ4v) is 4.10. The van der Waals surface area contributed by atoms with Crippen LogP contribution in [0.25, 0.3) is 0 Å². The summed E-state index contributed by atoms with van der Waals surface area (Å²) >= 11 is 0. The molecule has 0 radical (unpaired) electrons. The van der Waals surface area contributed by atoms with Gasteiger partial charge in [0.25, 0.3) is 0 Å². The number of rotatable bonds is 4. The predicted octanol–water partition coefficient (Wildman–Crippen LogP) is 0.816. The first-order chi connectivity index (χ1) is 12.1. The molecule has 1 atom stereocenters. The standard InChI is InChI=1S/C18H28N2O5/c1-2-25-18(23)13-3-7-19(8-4-13)17(22)14-11-16(21)20(12-14)15-5-9-24-10-6-15/h13-15H,2-12H2,1H3. The molecule has 0 aliphatic carbocycles. The van der Waals surface area contributed by atoms with E-state index in [0.29, 0.717) is 58.7 Å². The molecule has 3 saturated heterocycles. The van der Waals surface area contributed by atoms with E-state index in [1.54, 1.807) is 6.92 Å². The van der Waals surface area contributed by atoms with E-state index in [2.05, 4.69) is 0 Å². The van der Waals surface area contributed by atoms with Crippen molar-refractivity contribution in [2.45, 2.75) is 45.1 Å². The zero-order valence-corrected chi connectivity index (χ0v) is 14.9. The van der Waals surface area contributed by atoms with E-state index in [1.807, 2.05) is 9.80 Å². The number of hydrogen-bond donors (Lipinski definition) is 0. The summed E-state index contributed by atoms with van der Waals surface area (Å²) in [6.07, 6.45) is 3.33. The monoisotopic (exact) mass is 352 g/mol. The average molecular weight is 352 g/mol. The molecule has 2 amide bonds. The van der Waals surface area contributed by atoms with Gasteiger partial charge in [-0.15, -0.1) is 0 Å². The number of carbonyl (C=O) groups excluding carboxylic acids is 3. The SMILES string of the molecule is CCOC(=O)C1CCN(C(=O)C2CC(=O)N(C3CCOCC3)C2)CC1. The third-order valence-electron chi connectivity index (χ3n) is 5.57. The van der Waals surface area contributed by atoms with Gasteiger partial charge in [0, 0.05) is 45.3 Å². The van der Waals surface area contributed by atoms with E-state index >= 15 is 0 Å². The van der Waals surface area contributed by atoms with Gasteiger partial charge in [-0.05, 0) is 32.6 Å². The maximum absolute atomic E-state index is 12.8. The molecule has 140 valence electrons. The van der Waals surface area contributed by atoms with Crippen molar-refractivity contribution in [2.75, 3.05) is 39.5 Å². The molecule has 3 rings (SSSR count). The summed E-state index contributed by atoms with van der Waals surface area (Å²) in [5, 5.41) is 0. The van der Waals surface area contributed by atoms with Gasteiger partial charge in [-0.3, -0.25) is 14.4 Å². The molecular weight excluding hydrogens is 324 g/mol. The Hall–Kier alpha value is -1.63. The zero-order valence-electron chi connectivity index (χ0n) is 14.9. The lowest BCUT2D eigenvalue weighted by atomic mass is 9.95. The molecule has 0 aromatic rings. The van der Waals surface area contributed by atoms with Crippen LogP contribution in [0, 0.1) is 11.8 Å². The highest BCUT2D eigenvalue weighted by molar-refractivity contribution is 5.89. The van der Waals surface area contributed by atoms with Gasteiger partial charge in [-0.2, -0.15) is 0 Å². The first kappa shape index (κ1) is 18.2. The van der Waals surface area contributed by atoms with Crippen molar-refractivity contribution in [1.82, 2.24) is 9.80 Å². The van der Waals surface area contributed by atoms with Crippen LogP contribution >= 0.6 is 0 Å². The maximum Gasteiger partial charge on any atom is 0.309 e. The lowest BCUT2D eigenvalue weighted by molar-refractivity contribution is -0.151. The Morgan fingerprint density at radius 1 is 1.12 bits per heavy atom. The molecule has 3 aliphatic heterocycles. The van der Waals surface area contributed by atoms with E-state index in [4.69, 9.17) is 9.47 Å². The van der Waals surface area contributed by atoms with Gasteiger partial charge in [0.15, 0.2) is 0 Å². The van der Waals surface area contributed by atoms with Gasteiger partial charge in [-0.25, -0.2) is 0 Å². The fourth-order valence-electron chi connectivity index (χ4n) is 4.10. The Bertz CT molecular complexity index is 510. The summed E-state index contributed by atoms with van der Waals surface area (Å²) in [5.74, 6) is -0.351. The quantitative estimate of drug-likeness (QED) is 0.700. The fraction of sp³-hybridized carbons (Fsp3) is 0.833. The molecule has 0 N–H and O–H groups in total. The highest BCUT2D eigenvalue weighted by Gasteiger charge is 2.40. The van der Waals surface area contributed by atoms with Gasteiger partial charge in [0.2, 0.25) is 11.8 Å². The number of likely N-dealkylation sites (tertiary alicyclic amines) is 2. The molecule has 3 heterocycles. The topological polar surface area (TPSA) is 76.2 Å². The molecule has 3 aliphatic rings. The average Bonchev–Trinajstić information content (AvgIpc) is 3.04. The number of nitrogens with zero attached hydrogens (tertiary/aromatic N) is 2. The largest absolute Gasteiger partial charge is 0.466 e. The van der Waals surface area contributed by atoms with Crippen molar-refractivity contribution in [1.29, 1.82) is 0 Å². The third-order valence-corrected chi connectivity index (χ3v) is 5.57. The van der Waals surface area contributed by atoms with Crippen molar-refractivity contribution >= 4 is 17.8 Å². The summed E-state index contributed by atoms with van der Waals surface area (Å²) < 4.78 is 10.4. The van der Waals surface area contributed by atoms with E-state index in [-0.39, 0.29) is 35.7 Å². The highest BCUT2D eigenvalue weighted by Crippen LogP contribution is 2.28. The normalized spacial score (nSPS) is 26.1. The van der Waals surface area contributed by atoms with E-state index in [1.165, 1.54) is 0 Å². The molecule has 1 unspecified atom stereocenters. The summed E-state index contributed by atoms with van der Waals surface area (Å²) in [7, 11) is 0. The Balaban J connectivity index is 1.50. The predicted molar refractivity (Wildman–Crippen MR) is 89.6 cm³/mol. The summed E-state index contributed by atoms with van der Waals surface area (Å²) in [6, 6.07) is 0.216. The van der Waals surface area contributed by atoms with Gasteiger partial charge in [0.05, 0.1) is 18.4 Å². The van der Waals surface area contributed by atoms with Crippen LogP contribution in [0.1, 0.15) is 39.0 Å². The number of piperidine rings is 1. The van der Waals surface area contributed by atoms with Gasteiger partial charge < -0.3 is 19.3 Å². The molecule has 0 aromatic heterocycles. The lowest BCUT2D eigenvalue weighted by Gasteiger charge is -2.33. The van der Waals surface area contributed by atoms with E-state index < -0.39 is 0 Å². The molecule has 7 heteroatoms. The molecule has 0 bridgehead atoms. The summed E-state index contributed by atoms with van der Waals surface area (Å²) in [5.41, 5.74) is 0. The highest BCUT2D eigenvalue weighted by atomic mass is 16.5. The number of carbonyl (C=O) groups is 3. The van der Waals surface area contributed by atoms with Crippen molar-refractivity contribution in [3.63, 3.8) is 0 Å². The second-order valence-electron chi connectivity index (χ2n) is 7.14. The molecular formula is C18H28N2O5. The third kappa shape index (κ3) is 4.14. The second kappa shape index (κ2) is 8.17. The Labute approximate surface area is 148 Å². The molecule has 0 aromatic carbocycles. The van der Waals surface area contributed by atoms with Gasteiger partial charge in [0.1, 0.15) is 0 Å². The molecule has 0 saturated carbocycles. The number of amides is 2. The smallest absolute Gasteiger partial charge is 0.309 e. The Morgan fingerprint density at radius 3 is 2.44 bits per heavy atom. The molecule has 7 nitrogen and oxygen atoms in total. The van der Waals surface area contributed by atoms with Crippen LogP contribution in [0.5, 0.6) is 0 Å². The molecule has 3 fully saturated rings. The molecule has 25 heavy (non-hydrogen) atoms. The van der Waals surface area contributed by atoms with Crippen molar-refractivity contribution in [3.05, 3.63) is 0 Å². The van der Waals surface area contributed by atoms with Gasteiger partial charge in [-0.1, -0.05) is 0 Å². The zero-order chi connectivity index (χ0) is 17.8. The van der Waals surface area contributed by atoms with E-state index in [9.17, 15) is 14.4 Å². The van der Waals surface area contributed by atoms with Crippen LogP contribution in [0.15, 0.2) is 0 Å². The number of esters is 1. The summed E-state index contributed by atoms with van der Waals surface area (Å²) in [4.78, 5) is 40.6. The van der Waals surface area contributed by atoms with Crippen LogP contribution in [-0.4, -0.2) is 73.1 Å². The van der Waals surface area contributed by atoms with Crippen molar-refractivity contribution in [2.24, 2.45) is 11.8 Å². The first-order valence-corrected chi connectivity index (χ1v) is 9.42. The van der Waals surface area contributed by atoms with Crippen LogP contribution in [-0.2, 0) is 23.9 Å². The summed E-state index contributed by atoms with van der Waals surface area (Å²) in [6.45, 7) is 5.25. The van der Waals surface area contributed by atoms with Crippen LogP contribution in [0.3, 0.4) is 0 Å². The van der Waals surface area contributed by atoms with Gasteiger partial charge >= 0.3 is 5.97 Å². The minimum atomic E-state index is -0.241. The maximum atomic E-state index is 12.8. The second-order valence-corrected chi connectivity index (χ2v) is 7.14. The van der Waals surface area contributed by atoms with Crippen molar-refractivity contribution in [3.8, 4) is 0 Å². The number of ether oxygens (including phenoxy) is 2. The first-order valence-electron chi connectivity index (χ1n) is 9.42. The van der Waals surface area contributed by atoms with Crippen LogP contribution in [0.2, 0.25) is 0 Å². The number of hydrogen-bond acceptors (Lipinski definition) is 5. The Kier molecular flexibility index (Phi) is 5.93. The van der Waals surface area contributed by atoms with Crippen LogP contribution < -0.4 is 0 Å². The van der Waals surface area contributed by atoms with Crippen molar-refractivity contribution < 1.29 is 23.9 Å². The minimum absolute atomic E-state index is 0.0604.